The van der Waals surface area contributed by atoms with Crippen LogP contribution in [0.1, 0.15) is 15.9 Å². The predicted octanol–water partition coefficient (Wildman–Crippen LogP) is 3.42. The first-order valence-electron chi connectivity index (χ1n) is 5.96. The van der Waals surface area contributed by atoms with Gasteiger partial charge in [-0.3, -0.25) is 4.79 Å². The number of hydrogen-bond acceptors (Lipinski definition) is 2. The summed E-state index contributed by atoms with van der Waals surface area (Å²) >= 11 is 5.82. The molecule has 0 atom stereocenters. The third-order valence-electron chi connectivity index (χ3n) is 2.77. The maximum absolute atomic E-state index is 13.2. The van der Waals surface area contributed by atoms with Crippen LogP contribution in [-0.4, -0.2) is 13.0 Å². The smallest absolute Gasteiger partial charge is 0.251 e. The molecule has 0 aliphatic rings. The first-order chi connectivity index (χ1) is 9.60. The Labute approximate surface area is 121 Å². The van der Waals surface area contributed by atoms with E-state index in [4.69, 9.17) is 16.3 Å². The molecule has 20 heavy (non-hydrogen) atoms. The summed E-state index contributed by atoms with van der Waals surface area (Å²) in [6.45, 7) is 0.173. The highest BCUT2D eigenvalue weighted by molar-refractivity contribution is 6.30. The van der Waals surface area contributed by atoms with Gasteiger partial charge in [-0.05, 0) is 36.4 Å². The fourth-order valence-corrected chi connectivity index (χ4v) is 1.98. The lowest BCUT2D eigenvalue weighted by Gasteiger charge is -2.10. The van der Waals surface area contributed by atoms with Gasteiger partial charge in [0.2, 0.25) is 0 Å². The van der Waals surface area contributed by atoms with E-state index in [1.807, 2.05) is 0 Å². The molecule has 0 saturated carbocycles. The lowest BCUT2D eigenvalue weighted by molar-refractivity contribution is 0.0950. The Morgan fingerprint density at radius 3 is 2.80 bits per heavy atom. The summed E-state index contributed by atoms with van der Waals surface area (Å²) in [5.41, 5.74) is 1.02. The quantitative estimate of drug-likeness (QED) is 0.938. The van der Waals surface area contributed by atoms with Crippen molar-refractivity contribution in [1.29, 1.82) is 0 Å². The maximum atomic E-state index is 13.2. The molecule has 2 aromatic rings. The van der Waals surface area contributed by atoms with Crippen molar-refractivity contribution in [1.82, 2.24) is 5.32 Å². The zero-order valence-corrected chi connectivity index (χ0v) is 11.6. The van der Waals surface area contributed by atoms with Crippen LogP contribution in [-0.2, 0) is 6.54 Å². The molecule has 2 aromatic carbocycles. The Morgan fingerprint density at radius 1 is 1.30 bits per heavy atom. The van der Waals surface area contributed by atoms with Gasteiger partial charge in [0, 0.05) is 22.7 Å². The van der Waals surface area contributed by atoms with Crippen molar-refractivity contribution >= 4 is 17.5 Å². The summed E-state index contributed by atoms with van der Waals surface area (Å²) in [5, 5.41) is 3.19. The summed E-state index contributed by atoms with van der Waals surface area (Å²) in [5.74, 6) is -0.130. The topological polar surface area (TPSA) is 38.3 Å². The zero-order valence-electron chi connectivity index (χ0n) is 10.8. The number of carbonyl (C=O) groups is 1. The second kappa shape index (κ2) is 6.39. The highest BCUT2D eigenvalue weighted by atomic mass is 35.5. The molecule has 0 fully saturated rings. The van der Waals surface area contributed by atoms with E-state index in [1.165, 1.54) is 25.3 Å². The van der Waals surface area contributed by atoms with Gasteiger partial charge >= 0.3 is 0 Å². The van der Waals surface area contributed by atoms with Crippen LogP contribution in [0.4, 0.5) is 4.39 Å². The number of carbonyl (C=O) groups excluding carboxylic acids is 1. The molecule has 0 bridgehead atoms. The average molecular weight is 294 g/mol. The van der Waals surface area contributed by atoms with Crippen LogP contribution >= 0.6 is 11.6 Å². The zero-order chi connectivity index (χ0) is 14.5. The number of methoxy groups -OCH3 is 1. The fraction of sp³-hybridized carbons (Fsp3) is 0.133. The summed E-state index contributed by atoms with van der Waals surface area (Å²) < 4.78 is 18.3. The predicted molar refractivity (Wildman–Crippen MR) is 75.6 cm³/mol. The van der Waals surface area contributed by atoms with Crippen molar-refractivity contribution < 1.29 is 13.9 Å². The first-order valence-corrected chi connectivity index (χ1v) is 6.34. The fourth-order valence-electron chi connectivity index (χ4n) is 1.79. The van der Waals surface area contributed by atoms with E-state index < -0.39 is 0 Å². The number of hydrogen-bond donors (Lipinski definition) is 1. The maximum Gasteiger partial charge on any atom is 0.251 e. The average Bonchev–Trinajstić information content (AvgIpc) is 2.45. The highest BCUT2D eigenvalue weighted by Gasteiger charge is 2.09. The SMILES string of the molecule is COc1ccc(F)cc1CNC(=O)c1cccc(Cl)c1. The molecule has 104 valence electrons. The van der Waals surface area contributed by atoms with Gasteiger partial charge in [-0.25, -0.2) is 4.39 Å². The Balaban J connectivity index is 2.09. The minimum atomic E-state index is -0.377. The highest BCUT2D eigenvalue weighted by Crippen LogP contribution is 2.19. The molecule has 0 heterocycles. The normalized spacial score (nSPS) is 10.2. The van der Waals surface area contributed by atoms with E-state index >= 15 is 0 Å². The summed E-state index contributed by atoms with van der Waals surface area (Å²) in [7, 11) is 1.50. The Bertz CT molecular complexity index is 631. The molecule has 0 aliphatic heterocycles. The van der Waals surface area contributed by atoms with Gasteiger partial charge in [-0.15, -0.1) is 0 Å². The second-order valence-corrected chi connectivity index (χ2v) is 4.59. The lowest BCUT2D eigenvalue weighted by atomic mass is 10.1. The van der Waals surface area contributed by atoms with Crippen molar-refractivity contribution in [3.63, 3.8) is 0 Å². The molecule has 2 rings (SSSR count). The van der Waals surface area contributed by atoms with Crippen molar-refractivity contribution in [2.75, 3.05) is 7.11 Å². The molecule has 1 amide bonds. The van der Waals surface area contributed by atoms with Gasteiger partial charge in [0.1, 0.15) is 11.6 Å². The third-order valence-corrected chi connectivity index (χ3v) is 3.00. The van der Waals surface area contributed by atoms with Gasteiger partial charge in [0.15, 0.2) is 0 Å². The van der Waals surface area contributed by atoms with Crippen molar-refractivity contribution in [2.24, 2.45) is 0 Å². The Kier molecular flexibility index (Phi) is 4.58. The van der Waals surface area contributed by atoms with Crippen LogP contribution in [0.5, 0.6) is 5.75 Å². The second-order valence-electron chi connectivity index (χ2n) is 4.15. The van der Waals surface area contributed by atoms with Gasteiger partial charge in [0.05, 0.1) is 7.11 Å². The van der Waals surface area contributed by atoms with Gasteiger partial charge in [0.25, 0.3) is 5.91 Å². The van der Waals surface area contributed by atoms with Crippen molar-refractivity contribution in [3.05, 3.63) is 64.4 Å². The van der Waals surface area contributed by atoms with Crippen molar-refractivity contribution in [2.45, 2.75) is 6.54 Å². The minimum Gasteiger partial charge on any atom is -0.496 e. The largest absolute Gasteiger partial charge is 0.496 e. The molecule has 0 spiro atoms. The summed E-state index contributed by atoms with van der Waals surface area (Å²) in [6.07, 6.45) is 0. The number of benzene rings is 2. The third kappa shape index (κ3) is 3.48. The van der Waals surface area contributed by atoms with E-state index in [0.717, 1.165) is 0 Å². The Hall–Kier alpha value is -2.07. The monoisotopic (exact) mass is 293 g/mol. The van der Waals surface area contributed by atoms with Crippen LogP contribution in [0.3, 0.4) is 0 Å². The lowest BCUT2D eigenvalue weighted by Crippen LogP contribution is -2.23. The molecule has 3 nitrogen and oxygen atoms in total. The van der Waals surface area contributed by atoms with E-state index in [9.17, 15) is 9.18 Å². The molecule has 1 N–H and O–H groups in total. The summed E-state index contributed by atoms with van der Waals surface area (Å²) in [6, 6.07) is 10.8. The molecule has 0 saturated heterocycles. The molecular formula is C15H13ClFNO2. The molecule has 0 radical (unpaired) electrons. The van der Waals surface area contributed by atoms with E-state index in [1.54, 1.807) is 24.3 Å². The number of ether oxygens (including phenoxy) is 1. The first kappa shape index (κ1) is 14.3. The van der Waals surface area contributed by atoms with E-state index in [2.05, 4.69) is 5.32 Å². The number of nitrogens with one attached hydrogen (secondary N) is 1. The number of halogens is 2. The van der Waals surface area contributed by atoms with Crippen LogP contribution in [0.25, 0.3) is 0 Å². The number of rotatable bonds is 4. The van der Waals surface area contributed by atoms with Crippen molar-refractivity contribution in [3.8, 4) is 5.75 Å². The molecular weight excluding hydrogens is 281 g/mol. The van der Waals surface area contributed by atoms with Gasteiger partial charge < -0.3 is 10.1 Å². The van der Waals surface area contributed by atoms with Crippen LogP contribution in [0.15, 0.2) is 42.5 Å². The standard InChI is InChI=1S/C15H13ClFNO2/c1-20-14-6-5-13(17)8-11(14)9-18-15(19)10-3-2-4-12(16)7-10/h2-8H,9H2,1H3,(H,18,19). The molecule has 0 aliphatic carbocycles. The summed E-state index contributed by atoms with van der Waals surface area (Å²) in [4.78, 5) is 12.0. The number of amides is 1. The molecule has 5 heteroatoms. The molecule has 0 aromatic heterocycles. The van der Waals surface area contributed by atoms with Gasteiger partial charge in [-0.1, -0.05) is 17.7 Å². The van der Waals surface area contributed by atoms with E-state index in [-0.39, 0.29) is 18.3 Å². The van der Waals surface area contributed by atoms with Crippen LogP contribution in [0, 0.1) is 5.82 Å². The van der Waals surface area contributed by atoms with E-state index in [0.29, 0.717) is 21.9 Å². The van der Waals surface area contributed by atoms with Gasteiger partial charge in [-0.2, -0.15) is 0 Å². The Morgan fingerprint density at radius 2 is 2.10 bits per heavy atom. The molecule has 0 unspecified atom stereocenters. The minimum absolute atomic E-state index is 0.173. The van der Waals surface area contributed by atoms with Crippen LogP contribution < -0.4 is 10.1 Å². The van der Waals surface area contributed by atoms with Crippen LogP contribution in [0.2, 0.25) is 5.02 Å².